The summed E-state index contributed by atoms with van der Waals surface area (Å²) >= 11 is 0. The first kappa shape index (κ1) is 11.2. The Bertz CT molecular complexity index is 373. The Morgan fingerprint density at radius 3 is 3.24 bits per heavy atom. The molecule has 4 nitrogen and oxygen atoms in total. The number of likely N-dealkylation sites (tertiary alicyclic amines) is 1. The molecule has 0 saturated carbocycles. The maximum atomic E-state index is 4.34. The predicted molar refractivity (Wildman–Crippen MR) is 67.7 cm³/mol. The maximum absolute atomic E-state index is 4.34. The van der Waals surface area contributed by atoms with Crippen LogP contribution in [0.4, 0.5) is 0 Å². The second kappa shape index (κ2) is 4.78. The van der Waals surface area contributed by atoms with Gasteiger partial charge in [-0.25, -0.2) is 0 Å². The molecule has 2 unspecified atom stereocenters. The van der Waals surface area contributed by atoms with Gasteiger partial charge in [0.25, 0.3) is 0 Å². The van der Waals surface area contributed by atoms with Crippen molar-refractivity contribution in [2.45, 2.75) is 38.9 Å². The molecular formula is C13H22N4. The lowest BCUT2D eigenvalue weighted by atomic mass is 9.93. The highest BCUT2D eigenvalue weighted by molar-refractivity contribution is 5.04. The van der Waals surface area contributed by atoms with E-state index in [2.05, 4.69) is 28.4 Å². The summed E-state index contributed by atoms with van der Waals surface area (Å²) in [6.07, 6.45) is 6.86. The standard InChI is InChI=1S/C13H22N4/c1-2-17-9-11(7-15-17)8-16-6-4-13-12(10-16)3-5-14-13/h7,9,12-14H,2-6,8,10H2,1H3. The van der Waals surface area contributed by atoms with Crippen LogP contribution >= 0.6 is 0 Å². The molecule has 0 spiro atoms. The Labute approximate surface area is 103 Å². The van der Waals surface area contributed by atoms with E-state index < -0.39 is 0 Å². The van der Waals surface area contributed by atoms with E-state index in [0.717, 1.165) is 25.0 Å². The van der Waals surface area contributed by atoms with Crippen molar-refractivity contribution in [2.24, 2.45) is 5.92 Å². The summed E-state index contributed by atoms with van der Waals surface area (Å²) in [6, 6.07) is 0.796. The smallest absolute Gasteiger partial charge is 0.0534 e. The quantitative estimate of drug-likeness (QED) is 0.850. The zero-order valence-corrected chi connectivity index (χ0v) is 10.6. The molecule has 2 atom stereocenters. The largest absolute Gasteiger partial charge is 0.314 e. The molecule has 0 bridgehead atoms. The number of fused-ring (bicyclic) bond motifs is 1. The summed E-state index contributed by atoms with van der Waals surface area (Å²) in [5.74, 6) is 0.880. The fraction of sp³-hybridized carbons (Fsp3) is 0.769. The van der Waals surface area contributed by atoms with E-state index in [1.807, 2.05) is 10.9 Å². The third-order valence-corrected chi connectivity index (χ3v) is 4.16. The molecule has 2 fully saturated rings. The lowest BCUT2D eigenvalue weighted by Crippen LogP contribution is -2.43. The fourth-order valence-electron chi connectivity index (χ4n) is 3.19. The maximum Gasteiger partial charge on any atom is 0.0534 e. The number of aryl methyl sites for hydroxylation is 1. The van der Waals surface area contributed by atoms with Crippen LogP contribution in [-0.4, -0.2) is 40.4 Å². The number of hydrogen-bond donors (Lipinski definition) is 1. The van der Waals surface area contributed by atoms with Gasteiger partial charge in [0.1, 0.15) is 0 Å². The summed E-state index contributed by atoms with van der Waals surface area (Å²) in [5, 5.41) is 7.96. The molecule has 94 valence electrons. The van der Waals surface area contributed by atoms with Crippen molar-refractivity contribution in [3.63, 3.8) is 0 Å². The Morgan fingerprint density at radius 1 is 1.47 bits per heavy atom. The Balaban J connectivity index is 1.58. The number of nitrogens with zero attached hydrogens (tertiary/aromatic N) is 3. The van der Waals surface area contributed by atoms with Gasteiger partial charge in [0.15, 0.2) is 0 Å². The summed E-state index contributed by atoms with van der Waals surface area (Å²) in [6.45, 7) is 7.88. The topological polar surface area (TPSA) is 33.1 Å². The van der Waals surface area contributed by atoms with Gasteiger partial charge in [-0.3, -0.25) is 9.58 Å². The molecule has 2 aliphatic heterocycles. The molecule has 3 rings (SSSR count). The third-order valence-electron chi connectivity index (χ3n) is 4.16. The van der Waals surface area contributed by atoms with E-state index in [4.69, 9.17) is 0 Å². The minimum absolute atomic E-state index is 0.796. The minimum atomic E-state index is 0.796. The van der Waals surface area contributed by atoms with Crippen LogP contribution in [-0.2, 0) is 13.1 Å². The van der Waals surface area contributed by atoms with Gasteiger partial charge in [-0.2, -0.15) is 5.10 Å². The van der Waals surface area contributed by atoms with Crippen molar-refractivity contribution in [2.75, 3.05) is 19.6 Å². The van der Waals surface area contributed by atoms with Gasteiger partial charge in [-0.1, -0.05) is 0 Å². The molecule has 0 amide bonds. The predicted octanol–water partition coefficient (Wildman–Crippen LogP) is 1.09. The molecule has 1 aromatic rings. The van der Waals surface area contributed by atoms with Gasteiger partial charge in [-0.05, 0) is 38.8 Å². The summed E-state index contributed by atoms with van der Waals surface area (Å²) in [5.41, 5.74) is 1.36. The number of hydrogen-bond acceptors (Lipinski definition) is 3. The van der Waals surface area contributed by atoms with Crippen molar-refractivity contribution in [3.8, 4) is 0 Å². The summed E-state index contributed by atoms with van der Waals surface area (Å²) < 4.78 is 2.01. The summed E-state index contributed by atoms with van der Waals surface area (Å²) in [7, 11) is 0. The molecule has 1 N–H and O–H groups in total. The van der Waals surface area contributed by atoms with Crippen LogP contribution in [0.25, 0.3) is 0 Å². The highest BCUT2D eigenvalue weighted by atomic mass is 15.3. The first-order valence-corrected chi connectivity index (χ1v) is 6.82. The first-order chi connectivity index (χ1) is 8.35. The van der Waals surface area contributed by atoms with Crippen molar-refractivity contribution >= 4 is 0 Å². The van der Waals surface area contributed by atoms with Gasteiger partial charge >= 0.3 is 0 Å². The van der Waals surface area contributed by atoms with E-state index in [1.54, 1.807) is 0 Å². The van der Waals surface area contributed by atoms with Crippen LogP contribution in [0, 0.1) is 5.92 Å². The normalized spacial score (nSPS) is 29.5. The van der Waals surface area contributed by atoms with E-state index in [0.29, 0.717) is 0 Å². The molecule has 4 heteroatoms. The molecule has 0 aliphatic carbocycles. The zero-order chi connectivity index (χ0) is 11.7. The lowest BCUT2D eigenvalue weighted by Gasteiger charge is -2.34. The second-order valence-corrected chi connectivity index (χ2v) is 5.34. The average Bonchev–Trinajstić information content (AvgIpc) is 2.96. The van der Waals surface area contributed by atoms with Gasteiger partial charge in [0.2, 0.25) is 0 Å². The molecule has 1 aromatic heterocycles. The van der Waals surface area contributed by atoms with Crippen molar-refractivity contribution in [3.05, 3.63) is 18.0 Å². The van der Waals surface area contributed by atoms with E-state index >= 15 is 0 Å². The van der Waals surface area contributed by atoms with Crippen LogP contribution in [0.15, 0.2) is 12.4 Å². The fourth-order valence-corrected chi connectivity index (χ4v) is 3.19. The Kier molecular flexibility index (Phi) is 3.16. The van der Waals surface area contributed by atoms with Crippen LogP contribution in [0.5, 0.6) is 0 Å². The average molecular weight is 234 g/mol. The van der Waals surface area contributed by atoms with Gasteiger partial charge in [-0.15, -0.1) is 0 Å². The highest BCUT2D eigenvalue weighted by Gasteiger charge is 2.32. The number of piperidine rings is 1. The molecule has 0 radical (unpaired) electrons. The van der Waals surface area contributed by atoms with Crippen molar-refractivity contribution in [1.82, 2.24) is 20.0 Å². The number of rotatable bonds is 3. The monoisotopic (exact) mass is 234 g/mol. The molecule has 2 saturated heterocycles. The van der Waals surface area contributed by atoms with Crippen molar-refractivity contribution < 1.29 is 0 Å². The minimum Gasteiger partial charge on any atom is -0.314 e. The first-order valence-electron chi connectivity index (χ1n) is 6.82. The SMILES string of the molecule is CCn1cc(CN2CCC3NCCC3C2)cn1. The van der Waals surface area contributed by atoms with Gasteiger partial charge in [0, 0.05) is 37.4 Å². The van der Waals surface area contributed by atoms with Gasteiger partial charge < -0.3 is 5.32 Å². The van der Waals surface area contributed by atoms with Crippen LogP contribution in [0.3, 0.4) is 0 Å². The number of aromatic nitrogens is 2. The second-order valence-electron chi connectivity index (χ2n) is 5.34. The highest BCUT2D eigenvalue weighted by Crippen LogP contribution is 2.25. The zero-order valence-electron chi connectivity index (χ0n) is 10.6. The van der Waals surface area contributed by atoms with Crippen LogP contribution in [0.1, 0.15) is 25.3 Å². The van der Waals surface area contributed by atoms with Crippen molar-refractivity contribution in [1.29, 1.82) is 0 Å². The van der Waals surface area contributed by atoms with E-state index in [-0.39, 0.29) is 0 Å². The molecule has 3 heterocycles. The Hall–Kier alpha value is -0.870. The molecule has 0 aromatic carbocycles. The molecule has 17 heavy (non-hydrogen) atoms. The molecule has 2 aliphatic rings. The number of nitrogens with one attached hydrogen (secondary N) is 1. The summed E-state index contributed by atoms with van der Waals surface area (Å²) in [4.78, 5) is 2.59. The van der Waals surface area contributed by atoms with Gasteiger partial charge in [0.05, 0.1) is 6.20 Å². The Morgan fingerprint density at radius 2 is 2.41 bits per heavy atom. The van der Waals surface area contributed by atoms with Crippen LogP contribution < -0.4 is 5.32 Å². The van der Waals surface area contributed by atoms with Crippen LogP contribution in [0.2, 0.25) is 0 Å². The third kappa shape index (κ3) is 2.38. The van der Waals surface area contributed by atoms with E-state index in [9.17, 15) is 0 Å². The van der Waals surface area contributed by atoms with E-state index in [1.165, 1.54) is 38.0 Å². The lowest BCUT2D eigenvalue weighted by molar-refractivity contribution is 0.156. The molecular weight excluding hydrogens is 212 g/mol.